The molecule has 0 aliphatic rings. The Morgan fingerprint density at radius 1 is 0.889 bits per heavy atom. The Labute approximate surface area is 107 Å². The standard InChI is InChI=1S/C15H16O3/c1-12(16)11-17-13-7-9-15(10-8-13)18-14-5-3-2-4-6-14/h2-10,12,16H,11H2,1H3/t12-/m0/s1. The number of hydrogen-bond donors (Lipinski definition) is 1. The van der Waals surface area contributed by atoms with Gasteiger partial charge in [-0.15, -0.1) is 0 Å². The van der Waals surface area contributed by atoms with Gasteiger partial charge in [0.1, 0.15) is 23.9 Å². The van der Waals surface area contributed by atoms with Crippen molar-refractivity contribution in [3.63, 3.8) is 0 Å². The van der Waals surface area contributed by atoms with E-state index in [0.29, 0.717) is 6.61 Å². The first kappa shape index (κ1) is 12.5. The summed E-state index contributed by atoms with van der Waals surface area (Å²) in [6.45, 7) is 1.98. The van der Waals surface area contributed by atoms with E-state index in [1.807, 2.05) is 54.6 Å². The topological polar surface area (TPSA) is 38.7 Å². The van der Waals surface area contributed by atoms with E-state index < -0.39 is 6.10 Å². The Balaban J connectivity index is 1.95. The van der Waals surface area contributed by atoms with Gasteiger partial charge in [-0.3, -0.25) is 0 Å². The van der Waals surface area contributed by atoms with Gasteiger partial charge in [-0.05, 0) is 43.3 Å². The van der Waals surface area contributed by atoms with Crippen molar-refractivity contribution in [1.29, 1.82) is 0 Å². The summed E-state index contributed by atoms with van der Waals surface area (Å²) in [7, 11) is 0. The largest absolute Gasteiger partial charge is 0.491 e. The molecule has 0 spiro atoms. The number of aliphatic hydroxyl groups excluding tert-OH is 1. The number of para-hydroxylation sites is 1. The Kier molecular flexibility index (Phi) is 4.20. The number of aliphatic hydroxyl groups is 1. The van der Waals surface area contributed by atoms with Crippen molar-refractivity contribution in [3.8, 4) is 17.2 Å². The van der Waals surface area contributed by atoms with Crippen LogP contribution in [0.5, 0.6) is 17.2 Å². The molecule has 2 aromatic rings. The van der Waals surface area contributed by atoms with Crippen LogP contribution in [0.25, 0.3) is 0 Å². The maximum Gasteiger partial charge on any atom is 0.127 e. The van der Waals surface area contributed by atoms with Crippen molar-refractivity contribution in [3.05, 3.63) is 54.6 Å². The third kappa shape index (κ3) is 3.79. The number of hydrogen-bond acceptors (Lipinski definition) is 3. The van der Waals surface area contributed by atoms with Crippen molar-refractivity contribution in [2.45, 2.75) is 13.0 Å². The minimum absolute atomic E-state index is 0.291. The molecule has 2 rings (SSSR count). The van der Waals surface area contributed by atoms with Crippen molar-refractivity contribution in [2.24, 2.45) is 0 Å². The predicted octanol–water partition coefficient (Wildman–Crippen LogP) is 3.24. The van der Waals surface area contributed by atoms with Gasteiger partial charge < -0.3 is 14.6 Å². The van der Waals surface area contributed by atoms with Crippen LogP contribution >= 0.6 is 0 Å². The van der Waals surface area contributed by atoms with Crippen molar-refractivity contribution < 1.29 is 14.6 Å². The highest BCUT2D eigenvalue weighted by Gasteiger charge is 2.00. The first-order chi connectivity index (χ1) is 8.74. The van der Waals surface area contributed by atoms with Crippen molar-refractivity contribution in [1.82, 2.24) is 0 Å². The summed E-state index contributed by atoms with van der Waals surface area (Å²) >= 11 is 0. The van der Waals surface area contributed by atoms with Gasteiger partial charge in [0.2, 0.25) is 0 Å². The van der Waals surface area contributed by atoms with Crippen LogP contribution in [0.3, 0.4) is 0 Å². The van der Waals surface area contributed by atoms with E-state index >= 15 is 0 Å². The number of benzene rings is 2. The highest BCUT2D eigenvalue weighted by Crippen LogP contribution is 2.23. The molecular weight excluding hydrogens is 228 g/mol. The fourth-order valence-electron chi connectivity index (χ4n) is 1.45. The van der Waals surface area contributed by atoms with Gasteiger partial charge in [-0.1, -0.05) is 18.2 Å². The van der Waals surface area contributed by atoms with E-state index in [-0.39, 0.29) is 0 Å². The maximum absolute atomic E-state index is 9.11. The van der Waals surface area contributed by atoms with Crippen LogP contribution in [0.1, 0.15) is 6.92 Å². The lowest BCUT2D eigenvalue weighted by Gasteiger charge is -2.09. The minimum Gasteiger partial charge on any atom is -0.491 e. The summed E-state index contributed by atoms with van der Waals surface area (Å²) in [5.41, 5.74) is 0. The molecule has 1 N–H and O–H groups in total. The fourth-order valence-corrected chi connectivity index (χ4v) is 1.45. The normalized spacial score (nSPS) is 11.9. The van der Waals surface area contributed by atoms with Gasteiger partial charge >= 0.3 is 0 Å². The quantitative estimate of drug-likeness (QED) is 0.877. The third-order valence-corrected chi connectivity index (χ3v) is 2.29. The van der Waals surface area contributed by atoms with E-state index in [1.54, 1.807) is 6.92 Å². The lowest BCUT2D eigenvalue weighted by molar-refractivity contribution is 0.122. The van der Waals surface area contributed by atoms with E-state index in [9.17, 15) is 0 Å². The van der Waals surface area contributed by atoms with Gasteiger partial charge in [0.15, 0.2) is 0 Å². The molecule has 18 heavy (non-hydrogen) atoms. The van der Waals surface area contributed by atoms with Crippen LogP contribution in [-0.2, 0) is 0 Å². The second kappa shape index (κ2) is 6.07. The van der Waals surface area contributed by atoms with Crippen LogP contribution in [0.15, 0.2) is 54.6 Å². The molecule has 0 bridgehead atoms. The summed E-state index contributed by atoms with van der Waals surface area (Å²) in [5.74, 6) is 2.28. The van der Waals surface area contributed by atoms with Crippen LogP contribution < -0.4 is 9.47 Å². The average molecular weight is 244 g/mol. The molecule has 3 heteroatoms. The molecule has 0 fully saturated rings. The van der Waals surface area contributed by atoms with E-state index in [0.717, 1.165) is 17.2 Å². The molecule has 3 nitrogen and oxygen atoms in total. The molecule has 0 unspecified atom stereocenters. The van der Waals surface area contributed by atoms with Gasteiger partial charge in [-0.25, -0.2) is 0 Å². The van der Waals surface area contributed by atoms with Crippen LogP contribution in [0.2, 0.25) is 0 Å². The summed E-state index contributed by atoms with van der Waals surface area (Å²) in [5, 5.41) is 9.11. The maximum atomic E-state index is 9.11. The van der Waals surface area contributed by atoms with E-state index in [2.05, 4.69) is 0 Å². The summed E-state index contributed by atoms with van der Waals surface area (Å²) < 4.78 is 11.0. The summed E-state index contributed by atoms with van der Waals surface area (Å²) in [6.07, 6.45) is -0.467. The zero-order valence-corrected chi connectivity index (χ0v) is 10.2. The Hall–Kier alpha value is -2.00. The summed E-state index contributed by atoms with van der Waals surface area (Å²) in [6, 6.07) is 16.9. The highest BCUT2D eigenvalue weighted by atomic mass is 16.5. The molecule has 0 aliphatic carbocycles. The zero-order valence-electron chi connectivity index (χ0n) is 10.2. The van der Waals surface area contributed by atoms with Crippen LogP contribution in [0, 0.1) is 0 Å². The molecule has 0 amide bonds. The van der Waals surface area contributed by atoms with Crippen LogP contribution in [-0.4, -0.2) is 17.8 Å². The van der Waals surface area contributed by atoms with Crippen LogP contribution in [0.4, 0.5) is 0 Å². The smallest absolute Gasteiger partial charge is 0.127 e. The third-order valence-electron chi connectivity index (χ3n) is 2.29. The molecule has 94 valence electrons. The first-order valence-electron chi connectivity index (χ1n) is 5.88. The minimum atomic E-state index is -0.467. The Morgan fingerprint density at radius 3 is 2.06 bits per heavy atom. The zero-order chi connectivity index (χ0) is 12.8. The molecule has 0 radical (unpaired) electrons. The van der Waals surface area contributed by atoms with Gasteiger partial charge in [-0.2, -0.15) is 0 Å². The molecule has 0 heterocycles. The second-order valence-corrected chi connectivity index (χ2v) is 4.05. The monoisotopic (exact) mass is 244 g/mol. The predicted molar refractivity (Wildman–Crippen MR) is 70.1 cm³/mol. The summed E-state index contributed by atoms with van der Waals surface area (Å²) in [4.78, 5) is 0. The average Bonchev–Trinajstić information content (AvgIpc) is 2.39. The van der Waals surface area contributed by atoms with E-state index in [1.165, 1.54) is 0 Å². The van der Waals surface area contributed by atoms with E-state index in [4.69, 9.17) is 14.6 Å². The SMILES string of the molecule is C[C@H](O)COc1ccc(Oc2ccccc2)cc1. The molecule has 2 aromatic carbocycles. The molecule has 0 aliphatic heterocycles. The van der Waals surface area contributed by atoms with Gasteiger partial charge in [0, 0.05) is 0 Å². The van der Waals surface area contributed by atoms with Gasteiger partial charge in [0.05, 0.1) is 6.10 Å². The lowest BCUT2D eigenvalue weighted by atomic mass is 10.3. The lowest BCUT2D eigenvalue weighted by Crippen LogP contribution is -2.12. The van der Waals surface area contributed by atoms with Crippen molar-refractivity contribution >= 4 is 0 Å². The second-order valence-electron chi connectivity index (χ2n) is 4.05. The first-order valence-corrected chi connectivity index (χ1v) is 5.88. The molecule has 0 saturated heterocycles. The fraction of sp³-hybridized carbons (Fsp3) is 0.200. The number of rotatable bonds is 5. The highest BCUT2D eigenvalue weighted by molar-refractivity contribution is 5.35. The van der Waals surface area contributed by atoms with Gasteiger partial charge in [0.25, 0.3) is 0 Å². The molecule has 1 atom stereocenters. The molecule has 0 aromatic heterocycles. The Bertz CT molecular complexity index is 463. The molecule has 0 saturated carbocycles. The van der Waals surface area contributed by atoms with Crippen molar-refractivity contribution in [2.75, 3.05) is 6.61 Å². The number of ether oxygens (including phenoxy) is 2. The molecular formula is C15H16O3. The Morgan fingerprint density at radius 2 is 1.44 bits per heavy atom.